The summed E-state index contributed by atoms with van der Waals surface area (Å²) in [6.07, 6.45) is 0. The average Bonchev–Trinajstić information content (AvgIpc) is 2.50. The van der Waals surface area contributed by atoms with Crippen LogP contribution in [-0.4, -0.2) is 23.0 Å². The highest BCUT2D eigenvalue weighted by atomic mass is 32.1. The summed E-state index contributed by atoms with van der Waals surface area (Å²) in [5, 5.41) is 8.65. The molecule has 0 bridgehead atoms. The molecular weight excluding hydrogens is 210 g/mol. The van der Waals surface area contributed by atoms with E-state index < -0.39 is 0 Å². The van der Waals surface area contributed by atoms with Crippen molar-refractivity contribution in [3.63, 3.8) is 0 Å². The van der Waals surface area contributed by atoms with E-state index >= 15 is 0 Å². The predicted octanol–water partition coefficient (Wildman–Crippen LogP) is 1.78. The molecule has 1 unspecified atom stereocenters. The first-order chi connectivity index (χ1) is 6.99. The summed E-state index contributed by atoms with van der Waals surface area (Å²) in [6, 6.07) is -0.0854. The number of rotatable bonds is 4. The fourth-order valence-electron chi connectivity index (χ4n) is 1.08. The second-order valence-corrected chi connectivity index (χ2v) is 4.68. The van der Waals surface area contributed by atoms with Gasteiger partial charge in [0.25, 0.3) is 0 Å². The molecule has 5 heteroatoms. The number of anilines is 1. The molecule has 1 rings (SSSR count). The number of aromatic nitrogens is 1. The third-order valence-electron chi connectivity index (χ3n) is 1.78. The summed E-state index contributed by atoms with van der Waals surface area (Å²) in [7, 11) is 0. The summed E-state index contributed by atoms with van der Waals surface area (Å²) in [4.78, 5) is 15.8. The first-order valence-corrected chi connectivity index (χ1v) is 5.86. The molecule has 0 saturated heterocycles. The molecule has 0 aromatic carbocycles. The fourth-order valence-corrected chi connectivity index (χ4v) is 1.86. The van der Waals surface area contributed by atoms with Gasteiger partial charge in [-0.25, -0.2) is 4.98 Å². The number of nitrogens with zero attached hydrogens (tertiary/aromatic N) is 1. The van der Waals surface area contributed by atoms with Crippen LogP contribution in [0.15, 0.2) is 5.38 Å². The molecule has 0 aliphatic heterocycles. The van der Waals surface area contributed by atoms with Crippen molar-refractivity contribution in [3.8, 4) is 0 Å². The zero-order valence-corrected chi connectivity index (χ0v) is 10.3. The van der Waals surface area contributed by atoms with Crippen LogP contribution in [0.4, 0.5) is 5.13 Å². The van der Waals surface area contributed by atoms with Crippen molar-refractivity contribution in [3.05, 3.63) is 11.1 Å². The van der Waals surface area contributed by atoms with Crippen LogP contribution >= 0.6 is 11.3 Å². The fraction of sp³-hybridized carbons (Fsp3) is 0.600. The lowest BCUT2D eigenvalue weighted by Crippen LogP contribution is -2.40. The maximum absolute atomic E-state index is 11.6. The molecule has 15 heavy (non-hydrogen) atoms. The Kier molecular flexibility index (Phi) is 4.08. The highest BCUT2D eigenvalue weighted by Gasteiger charge is 2.14. The number of nitrogens with one attached hydrogen (secondary N) is 2. The summed E-state index contributed by atoms with van der Waals surface area (Å²) in [6.45, 7) is 7.64. The van der Waals surface area contributed by atoms with Crippen LogP contribution in [0.25, 0.3) is 0 Å². The largest absolute Gasteiger partial charge is 0.352 e. The van der Waals surface area contributed by atoms with E-state index in [1.54, 1.807) is 0 Å². The van der Waals surface area contributed by atoms with E-state index in [2.05, 4.69) is 15.6 Å². The van der Waals surface area contributed by atoms with Crippen LogP contribution in [-0.2, 0) is 4.79 Å². The number of amides is 1. The number of carbonyl (C=O) groups is 1. The zero-order chi connectivity index (χ0) is 11.4. The Bertz CT molecular complexity index is 335. The van der Waals surface area contributed by atoms with Crippen LogP contribution < -0.4 is 10.6 Å². The molecule has 0 spiro atoms. The zero-order valence-electron chi connectivity index (χ0n) is 9.50. The Balaban J connectivity index is 2.48. The van der Waals surface area contributed by atoms with E-state index in [4.69, 9.17) is 0 Å². The Labute approximate surface area is 94.1 Å². The maximum atomic E-state index is 11.6. The Morgan fingerprint density at radius 3 is 2.60 bits per heavy atom. The monoisotopic (exact) mass is 227 g/mol. The van der Waals surface area contributed by atoms with Gasteiger partial charge in [0, 0.05) is 11.4 Å². The minimum Gasteiger partial charge on any atom is -0.352 e. The van der Waals surface area contributed by atoms with E-state index in [0.717, 1.165) is 10.8 Å². The summed E-state index contributed by atoms with van der Waals surface area (Å²) in [5.41, 5.74) is 0.971. The van der Waals surface area contributed by atoms with E-state index in [-0.39, 0.29) is 18.0 Å². The highest BCUT2D eigenvalue weighted by molar-refractivity contribution is 7.13. The van der Waals surface area contributed by atoms with Gasteiger partial charge in [-0.2, -0.15) is 0 Å². The lowest BCUT2D eigenvalue weighted by atomic mass is 10.3. The van der Waals surface area contributed by atoms with Crippen LogP contribution in [0.3, 0.4) is 0 Å². The lowest BCUT2D eigenvalue weighted by molar-refractivity contribution is -0.122. The minimum atomic E-state index is -0.252. The molecule has 0 aliphatic carbocycles. The number of carbonyl (C=O) groups excluding carboxylic acids is 1. The third-order valence-corrected chi connectivity index (χ3v) is 2.67. The SMILES string of the molecule is Cc1csc(NC(C)C(=O)NC(C)C)n1. The van der Waals surface area contributed by atoms with E-state index in [0.29, 0.717) is 0 Å². The van der Waals surface area contributed by atoms with Gasteiger partial charge in [-0.15, -0.1) is 11.3 Å². The third kappa shape index (κ3) is 3.87. The van der Waals surface area contributed by atoms with Gasteiger partial charge in [-0.1, -0.05) is 0 Å². The molecule has 0 aliphatic rings. The smallest absolute Gasteiger partial charge is 0.242 e. The van der Waals surface area contributed by atoms with Crippen molar-refractivity contribution < 1.29 is 4.79 Å². The van der Waals surface area contributed by atoms with Gasteiger partial charge in [0.05, 0.1) is 5.69 Å². The van der Waals surface area contributed by atoms with Gasteiger partial charge in [0.15, 0.2) is 5.13 Å². The first-order valence-electron chi connectivity index (χ1n) is 4.98. The molecule has 4 nitrogen and oxygen atoms in total. The van der Waals surface area contributed by atoms with Gasteiger partial charge < -0.3 is 10.6 Å². The maximum Gasteiger partial charge on any atom is 0.242 e. The highest BCUT2D eigenvalue weighted by Crippen LogP contribution is 2.15. The molecule has 1 atom stereocenters. The lowest BCUT2D eigenvalue weighted by Gasteiger charge is -2.15. The molecule has 1 aromatic heterocycles. The number of aryl methyl sites for hydroxylation is 1. The minimum absolute atomic E-state index is 0.00199. The Hall–Kier alpha value is -1.10. The van der Waals surface area contributed by atoms with Crippen molar-refractivity contribution >= 4 is 22.4 Å². The van der Waals surface area contributed by atoms with Crippen molar-refractivity contribution in [2.24, 2.45) is 0 Å². The van der Waals surface area contributed by atoms with Gasteiger partial charge >= 0.3 is 0 Å². The van der Waals surface area contributed by atoms with Crippen molar-refractivity contribution in [2.75, 3.05) is 5.32 Å². The molecule has 1 aromatic rings. The molecule has 0 radical (unpaired) electrons. The second-order valence-electron chi connectivity index (χ2n) is 3.82. The van der Waals surface area contributed by atoms with Crippen molar-refractivity contribution in [1.29, 1.82) is 0 Å². The van der Waals surface area contributed by atoms with Gasteiger partial charge in [-0.05, 0) is 27.7 Å². The van der Waals surface area contributed by atoms with Gasteiger partial charge in [0.1, 0.15) is 6.04 Å². The topological polar surface area (TPSA) is 54.0 Å². The summed E-state index contributed by atoms with van der Waals surface area (Å²) < 4.78 is 0. The average molecular weight is 227 g/mol. The van der Waals surface area contributed by atoms with Crippen molar-refractivity contribution in [1.82, 2.24) is 10.3 Å². The number of thiazole rings is 1. The molecule has 0 saturated carbocycles. The van der Waals surface area contributed by atoms with Crippen LogP contribution in [0.1, 0.15) is 26.5 Å². The standard InChI is InChI=1S/C10H17N3OS/c1-6(2)11-9(14)8(4)13-10-12-7(3)5-15-10/h5-6,8H,1-4H3,(H,11,14)(H,12,13). The van der Waals surface area contributed by atoms with E-state index in [1.807, 2.05) is 33.1 Å². The quantitative estimate of drug-likeness (QED) is 0.824. The van der Waals surface area contributed by atoms with Crippen molar-refractivity contribution in [2.45, 2.75) is 39.8 Å². The van der Waals surface area contributed by atoms with E-state index in [9.17, 15) is 4.79 Å². The number of hydrogen-bond donors (Lipinski definition) is 2. The van der Waals surface area contributed by atoms with Gasteiger partial charge in [-0.3, -0.25) is 4.79 Å². The summed E-state index contributed by atoms with van der Waals surface area (Å²) in [5.74, 6) is -0.00199. The molecule has 1 heterocycles. The molecule has 2 N–H and O–H groups in total. The number of hydrogen-bond acceptors (Lipinski definition) is 4. The van der Waals surface area contributed by atoms with Crippen LogP contribution in [0.5, 0.6) is 0 Å². The first kappa shape index (κ1) is 12.0. The molecule has 1 amide bonds. The van der Waals surface area contributed by atoms with Crippen LogP contribution in [0.2, 0.25) is 0 Å². The van der Waals surface area contributed by atoms with Gasteiger partial charge in [0.2, 0.25) is 5.91 Å². The molecule has 0 fully saturated rings. The predicted molar refractivity (Wildman–Crippen MR) is 63.2 cm³/mol. The van der Waals surface area contributed by atoms with Crippen LogP contribution in [0, 0.1) is 6.92 Å². The second kappa shape index (κ2) is 5.11. The summed E-state index contributed by atoms with van der Waals surface area (Å²) >= 11 is 1.51. The molecular formula is C10H17N3OS. The normalized spacial score (nSPS) is 12.6. The molecule has 84 valence electrons. The Morgan fingerprint density at radius 1 is 1.47 bits per heavy atom. The Morgan fingerprint density at radius 2 is 2.13 bits per heavy atom. The van der Waals surface area contributed by atoms with E-state index in [1.165, 1.54) is 11.3 Å².